The first kappa shape index (κ1) is 17.6. The summed E-state index contributed by atoms with van der Waals surface area (Å²) in [6, 6.07) is 11.3. The van der Waals surface area contributed by atoms with Gasteiger partial charge < -0.3 is 15.2 Å². The Morgan fingerprint density at radius 1 is 1.12 bits per heavy atom. The number of amides is 1. The summed E-state index contributed by atoms with van der Waals surface area (Å²) in [5, 5.41) is 12.0. The fourth-order valence-electron chi connectivity index (χ4n) is 1.79. The van der Waals surface area contributed by atoms with Crippen molar-refractivity contribution >= 4 is 11.6 Å². The van der Waals surface area contributed by atoms with Crippen LogP contribution in [0.15, 0.2) is 48.5 Å². The molecule has 0 aliphatic rings. The molecule has 0 radical (unpaired) electrons. The van der Waals surface area contributed by atoms with Crippen LogP contribution >= 0.6 is 0 Å². The minimum atomic E-state index is -4.31. The summed E-state index contributed by atoms with van der Waals surface area (Å²) in [7, 11) is 0. The van der Waals surface area contributed by atoms with Gasteiger partial charge in [0.25, 0.3) is 5.91 Å². The van der Waals surface area contributed by atoms with Gasteiger partial charge in [0.15, 0.2) is 6.61 Å². The van der Waals surface area contributed by atoms with Crippen LogP contribution in [0, 0.1) is 0 Å². The number of phenolic OH excluding ortho intramolecular Hbond substituents is 1. The topological polar surface area (TPSA) is 58.6 Å². The number of rotatable bonds is 6. The predicted molar refractivity (Wildman–Crippen MR) is 78.9 cm³/mol. The smallest absolute Gasteiger partial charge is 0.340 e. The number of halogens is 4. The minimum absolute atomic E-state index is 0.0100. The highest BCUT2D eigenvalue weighted by molar-refractivity contribution is 6.06. The van der Waals surface area contributed by atoms with E-state index in [4.69, 9.17) is 4.74 Å². The molecule has 0 saturated heterocycles. The van der Waals surface area contributed by atoms with Crippen LogP contribution in [0.4, 0.5) is 23.2 Å². The highest BCUT2D eigenvalue weighted by atomic mass is 19.3. The second kappa shape index (κ2) is 7.20. The monoisotopic (exact) mass is 343 g/mol. The lowest BCUT2D eigenvalue weighted by Gasteiger charge is -2.18. The molecule has 0 saturated carbocycles. The summed E-state index contributed by atoms with van der Waals surface area (Å²) in [5.41, 5.74) is -0.0268. The molecular formula is C16H13F4NO3. The first-order valence-electron chi connectivity index (χ1n) is 6.78. The van der Waals surface area contributed by atoms with Gasteiger partial charge in [-0.15, -0.1) is 0 Å². The summed E-state index contributed by atoms with van der Waals surface area (Å²) in [5.74, 6) is -5.47. The Bertz CT molecular complexity index is 722. The Balaban J connectivity index is 2.15. The zero-order valence-electron chi connectivity index (χ0n) is 12.2. The number of ether oxygens (including phenoxy) is 1. The normalized spacial score (nSPS) is 11.4. The second-order valence-electron chi connectivity index (χ2n) is 4.82. The second-order valence-corrected chi connectivity index (χ2v) is 4.82. The van der Waals surface area contributed by atoms with Gasteiger partial charge >= 0.3 is 12.3 Å². The van der Waals surface area contributed by atoms with Crippen molar-refractivity contribution in [2.45, 2.75) is 12.3 Å². The molecular weight excluding hydrogens is 330 g/mol. The van der Waals surface area contributed by atoms with Gasteiger partial charge in [0.2, 0.25) is 0 Å². The Labute approximate surface area is 134 Å². The van der Waals surface area contributed by atoms with Crippen molar-refractivity contribution in [2.24, 2.45) is 0 Å². The Kier molecular flexibility index (Phi) is 5.28. The number of carbonyl (C=O) groups is 1. The number of hydrogen-bond donors (Lipinski definition) is 2. The number of alkyl halides is 4. The number of anilines is 1. The SMILES string of the molecule is O=C(Nc1ccccc1OCC(F)(F)C(F)F)c1ccccc1O. The lowest BCUT2D eigenvalue weighted by molar-refractivity contribution is -0.148. The van der Waals surface area contributed by atoms with Crippen LogP contribution in [-0.4, -0.2) is 30.0 Å². The van der Waals surface area contributed by atoms with Crippen LogP contribution < -0.4 is 10.1 Å². The number of nitrogens with one attached hydrogen (secondary N) is 1. The Morgan fingerprint density at radius 3 is 2.42 bits per heavy atom. The van der Waals surface area contributed by atoms with Gasteiger partial charge in [0.1, 0.15) is 11.5 Å². The number of phenols is 1. The van der Waals surface area contributed by atoms with E-state index in [1.54, 1.807) is 0 Å². The molecule has 0 spiro atoms. The van der Waals surface area contributed by atoms with E-state index in [0.717, 1.165) is 0 Å². The van der Waals surface area contributed by atoms with Crippen molar-refractivity contribution in [1.29, 1.82) is 0 Å². The van der Waals surface area contributed by atoms with Gasteiger partial charge in [-0.3, -0.25) is 4.79 Å². The lowest BCUT2D eigenvalue weighted by atomic mass is 10.2. The van der Waals surface area contributed by atoms with Crippen molar-refractivity contribution in [1.82, 2.24) is 0 Å². The molecule has 2 aromatic rings. The third-order valence-corrected chi connectivity index (χ3v) is 3.02. The zero-order chi connectivity index (χ0) is 17.7. The molecule has 0 heterocycles. The molecule has 8 heteroatoms. The van der Waals surface area contributed by atoms with E-state index in [0.29, 0.717) is 0 Å². The molecule has 0 unspecified atom stereocenters. The van der Waals surface area contributed by atoms with Gasteiger partial charge in [-0.25, -0.2) is 8.78 Å². The molecule has 0 atom stereocenters. The number of para-hydroxylation sites is 3. The molecule has 0 fully saturated rings. The molecule has 0 aromatic heterocycles. The first-order valence-corrected chi connectivity index (χ1v) is 6.78. The maximum absolute atomic E-state index is 12.9. The number of benzene rings is 2. The zero-order valence-corrected chi connectivity index (χ0v) is 12.2. The highest BCUT2D eigenvalue weighted by Crippen LogP contribution is 2.29. The fourth-order valence-corrected chi connectivity index (χ4v) is 1.79. The third kappa shape index (κ3) is 4.15. The molecule has 0 aliphatic heterocycles. The van der Waals surface area contributed by atoms with Crippen molar-refractivity contribution in [3.8, 4) is 11.5 Å². The maximum atomic E-state index is 12.9. The van der Waals surface area contributed by atoms with Crippen molar-refractivity contribution in [2.75, 3.05) is 11.9 Å². The van der Waals surface area contributed by atoms with E-state index in [1.165, 1.54) is 48.5 Å². The average Bonchev–Trinajstić information content (AvgIpc) is 2.54. The summed E-state index contributed by atoms with van der Waals surface area (Å²) in [6.07, 6.45) is -3.86. The van der Waals surface area contributed by atoms with E-state index in [2.05, 4.69) is 5.32 Å². The fraction of sp³-hybridized carbons (Fsp3) is 0.188. The minimum Gasteiger partial charge on any atom is -0.507 e. The molecule has 128 valence electrons. The van der Waals surface area contributed by atoms with Gasteiger partial charge in [-0.05, 0) is 24.3 Å². The van der Waals surface area contributed by atoms with Gasteiger partial charge in [0.05, 0.1) is 11.3 Å². The van der Waals surface area contributed by atoms with Crippen LogP contribution in [0.5, 0.6) is 11.5 Å². The van der Waals surface area contributed by atoms with Crippen LogP contribution in [0.3, 0.4) is 0 Å². The van der Waals surface area contributed by atoms with Gasteiger partial charge in [-0.2, -0.15) is 8.78 Å². The standard InChI is InChI=1S/C16H13F4NO3/c17-15(18)16(19,20)9-24-13-8-4-2-6-11(13)21-14(23)10-5-1-3-7-12(10)22/h1-8,15,22H,9H2,(H,21,23). The van der Waals surface area contributed by atoms with Crippen LogP contribution in [0.25, 0.3) is 0 Å². The van der Waals surface area contributed by atoms with Crippen LogP contribution in [0.1, 0.15) is 10.4 Å². The molecule has 1 amide bonds. The first-order chi connectivity index (χ1) is 11.3. The number of hydrogen-bond acceptors (Lipinski definition) is 3. The van der Waals surface area contributed by atoms with E-state index >= 15 is 0 Å². The Hall–Kier alpha value is -2.77. The number of aromatic hydroxyl groups is 1. The van der Waals surface area contributed by atoms with E-state index in [-0.39, 0.29) is 22.7 Å². The average molecular weight is 343 g/mol. The molecule has 24 heavy (non-hydrogen) atoms. The van der Waals surface area contributed by atoms with Crippen LogP contribution in [-0.2, 0) is 0 Å². The van der Waals surface area contributed by atoms with Gasteiger partial charge in [0, 0.05) is 0 Å². The van der Waals surface area contributed by atoms with Gasteiger partial charge in [-0.1, -0.05) is 24.3 Å². The summed E-state index contributed by atoms with van der Waals surface area (Å²) < 4.78 is 54.9. The maximum Gasteiger partial charge on any atom is 0.340 e. The molecule has 2 rings (SSSR count). The third-order valence-electron chi connectivity index (χ3n) is 3.02. The van der Waals surface area contributed by atoms with Crippen LogP contribution in [0.2, 0.25) is 0 Å². The van der Waals surface area contributed by atoms with Crippen molar-refractivity contribution in [3.05, 3.63) is 54.1 Å². The molecule has 0 aliphatic carbocycles. The summed E-state index contributed by atoms with van der Waals surface area (Å²) in [4.78, 5) is 12.1. The molecule has 2 N–H and O–H groups in total. The molecule has 0 bridgehead atoms. The Morgan fingerprint density at radius 2 is 1.75 bits per heavy atom. The molecule has 2 aromatic carbocycles. The largest absolute Gasteiger partial charge is 0.507 e. The van der Waals surface area contributed by atoms with E-state index in [1.807, 2.05) is 0 Å². The van der Waals surface area contributed by atoms with E-state index < -0.39 is 24.9 Å². The van der Waals surface area contributed by atoms with E-state index in [9.17, 15) is 27.5 Å². The van der Waals surface area contributed by atoms with Crippen molar-refractivity contribution < 1.29 is 32.2 Å². The summed E-state index contributed by atoms with van der Waals surface area (Å²) >= 11 is 0. The predicted octanol–water partition coefficient (Wildman–Crippen LogP) is 3.92. The quantitative estimate of drug-likeness (QED) is 0.782. The summed E-state index contributed by atoms with van der Waals surface area (Å²) in [6.45, 7) is -1.53. The van der Waals surface area contributed by atoms with Crippen molar-refractivity contribution in [3.63, 3.8) is 0 Å². The lowest BCUT2D eigenvalue weighted by Crippen LogP contribution is -2.33. The number of carbonyl (C=O) groups excluding carboxylic acids is 1. The highest BCUT2D eigenvalue weighted by Gasteiger charge is 2.41. The molecule has 4 nitrogen and oxygen atoms in total.